The van der Waals surface area contributed by atoms with Crippen molar-refractivity contribution in [3.05, 3.63) is 18.5 Å². The summed E-state index contributed by atoms with van der Waals surface area (Å²) in [7, 11) is 4.81. The molecule has 220 valence electrons. The Labute approximate surface area is 232 Å². The molecule has 0 bridgehead atoms. The highest BCUT2D eigenvalue weighted by Crippen LogP contribution is 2.29. The van der Waals surface area contributed by atoms with E-state index in [4.69, 9.17) is 9.47 Å². The van der Waals surface area contributed by atoms with Gasteiger partial charge in [-0.1, -0.05) is 34.1 Å². The molecule has 1 fully saturated rings. The molecule has 11 heteroatoms. The Kier molecular flexibility index (Phi) is 12.6. The minimum atomic E-state index is -0.956. The number of methoxy groups -OCH3 is 2. The van der Waals surface area contributed by atoms with Gasteiger partial charge in [0, 0.05) is 40.2 Å². The van der Waals surface area contributed by atoms with Gasteiger partial charge in [-0.25, -0.2) is 9.97 Å². The fraction of sp³-hybridized carbons (Fsp3) is 0.750. The number of carboxylic acid groups (broad SMARTS) is 1. The number of likely N-dealkylation sites (tertiary alicyclic amines) is 1. The first-order chi connectivity index (χ1) is 18.5. The number of hydrogen-bond acceptors (Lipinski definition) is 8. The van der Waals surface area contributed by atoms with E-state index in [-0.39, 0.29) is 42.2 Å². The predicted molar refractivity (Wildman–Crippen MR) is 148 cm³/mol. The molecule has 1 aliphatic rings. The SMILES string of the molecule is CC[C@H](C)[C@@H]([C@@H](CC(=O)N1CCC[C@H]1[C@H](OC)[C@@H](C)C(=O)O)OC)N(C)C(=O)[C@@H](Nc1ncccn1)C(C)C. The summed E-state index contributed by atoms with van der Waals surface area (Å²) in [6.45, 7) is 10.2. The number of hydrogen-bond donors (Lipinski definition) is 2. The van der Waals surface area contributed by atoms with Crippen molar-refractivity contribution in [2.24, 2.45) is 17.8 Å². The largest absolute Gasteiger partial charge is 0.481 e. The highest BCUT2D eigenvalue weighted by Gasteiger charge is 2.42. The second kappa shape index (κ2) is 15.1. The monoisotopic (exact) mass is 549 g/mol. The van der Waals surface area contributed by atoms with Crippen LogP contribution in [0.1, 0.15) is 60.3 Å². The number of nitrogens with one attached hydrogen (secondary N) is 1. The first kappa shape index (κ1) is 32.4. The molecule has 1 aromatic rings. The second-order valence-corrected chi connectivity index (χ2v) is 10.9. The number of carbonyl (C=O) groups excluding carboxylic acids is 2. The lowest BCUT2D eigenvalue weighted by molar-refractivity contribution is -0.151. The molecule has 11 nitrogen and oxygen atoms in total. The van der Waals surface area contributed by atoms with Crippen LogP contribution in [0.3, 0.4) is 0 Å². The van der Waals surface area contributed by atoms with Crippen molar-refractivity contribution < 1.29 is 29.0 Å². The maximum atomic E-state index is 13.8. The molecular weight excluding hydrogens is 502 g/mol. The summed E-state index contributed by atoms with van der Waals surface area (Å²) in [5, 5.41) is 12.7. The zero-order valence-electron chi connectivity index (χ0n) is 24.7. The zero-order chi connectivity index (χ0) is 29.3. The lowest BCUT2D eigenvalue weighted by Gasteiger charge is -2.40. The molecule has 2 rings (SSSR count). The molecule has 2 heterocycles. The first-order valence-electron chi connectivity index (χ1n) is 13.9. The fourth-order valence-corrected chi connectivity index (χ4v) is 5.54. The third-order valence-corrected chi connectivity index (χ3v) is 8.02. The van der Waals surface area contributed by atoms with Crippen LogP contribution >= 0.6 is 0 Å². The molecule has 0 unspecified atom stereocenters. The van der Waals surface area contributed by atoms with Gasteiger partial charge in [-0.3, -0.25) is 14.4 Å². The Bertz CT molecular complexity index is 932. The number of ether oxygens (including phenoxy) is 2. The summed E-state index contributed by atoms with van der Waals surface area (Å²) in [6.07, 6.45) is 4.38. The molecule has 1 aromatic heterocycles. The Balaban J connectivity index is 2.27. The van der Waals surface area contributed by atoms with E-state index in [0.717, 1.165) is 12.8 Å². The number of anilines is 1. The van der Waals surface area contributed by atoms with Gasteiger partial charge in [0.05, 0.1) is 36.6 Å². The maximum Gasteiger partial charge on any atom is 0.308 e. The predicted octanol–water partition coefficient (Wildman–Crippen LogP) is 2.92. The van der Waals surface area contributed by atoms with E-state index < -0.39 is 30.1 Å². The minimum Gasteiger partial charge on any atom is -0.481 e. The number of nitrogens with zero attached hydrogens (tertiary/aromatic N) is 4. The fourth-order valence-electron chi connectivity index (χ4n) is 5.54. The summed E-state index contributed by atoms with van der Waals surface area (Å²) >= 11 is 0. The van der Waals surface area contributed by atoms with Crippen LogP contribution < -0.4 is 5.32 Å². The number of aliphatic carboxylic acids is 1. The summed E-state index contributed by atoms with van der Waals surface area (Å²) in [4.78, 5) is 51.0. The van der Waals surface area contributed by atoms with Gasteiger partial charge in [0.25, 0.3) is 0 Å². The zero-order valence-corrected chi connectivity index (χ0v) is 24.7. The lowest BCUT2D eigenvalue weighted by atomic mass is 9.89. The number of amides is 2. The van der Waals surface area contributed by atoms with Crippen LogP contribution in [0, 0.1) is 17.8 Å². The van der Waals surface area contributed by atoms with Crippen LogP contribution in [0.2, 0.25) is 0 Å². The van der Waals surface area contributed by atoms with E-state index in [2.05, 4.69) is 22.2 Å². The molecule has 39 heavy (non-hydrogen) atoms. The van der Waals surface area contributed by atoms with Crippen molar-refractivity contribution in [1.29, 1.82) is 0 Å². The number of rotatable bonds is 15. The van der Waals surface area contributed by atoms with Crippen LogP contribution in [0.5, 0.6) is 0 Å². The molecule has 2 amide bonds. The molecule has 0 aromatic carbocycles. The Morgan fingerprint density at radius 2 is 1.79 bits per heavy atom. The molecular formula is C28H47N5O6. The molecule has 2 N–H and O–H groups in total. The molecule has 0 spiro atoms. The third kappa shape index (κ3) is 8.11. The summed E-state index contributed by atoms with van der Waals surface area (Å²) in [5.41, 5.74) is 0. The van der Waals surface area contributed by atoms with Crippen LogP contribution in [0.25, 0.3) is 0 Å². The van der Waals surface area contributed by atoms with Crippen molar-refractivity contribution in [1.82, 2.24) is 19.8 Å². The van der Waals surface area contributed by atoms with Gasteiger partial charge in [0.1, 0.15) is 6.04 Å². The molecule has 0 radical (unpaired) electrons. The van der Waals surface area contributed by atoms with E-state index in [1.54, 1.807) is 49.3 Å². The normalized spacial score (nSPS) is 20.1. The van der Waals surface area contributed by atoms with Crippen LogP contribution in [0.4, 0.5) is 5.95 Å². The molecule has 7 atom stereocenters. The quantitative estimate of drug-likeness (QED) is 0.339. The first-order valence-corrected chi connectivity index (χ1v) is 13.9. The van der Waals surface area contributed by atoms with Gasteiger partial charge in [-0.2, -0.15) is 0 Å². The number of carbonyl (C=O) groups is 3. The van der Waals surface area contributed by atoms with Crippen molar-refractivity contribution in [2.45, 2.75) is 90.6 Å². The third-order valence-electron chi connectivity index (χ3n) is 8.02. The van der Waals surface area contributed by atoms with E-state index in [1.165, 1.54) is 7.11 Å². The van der Waals surface area contributed by atoms with Gasteiger partial charge in [-0.05, 0) is 37.7 Å². The van der Waals surface area contributed by atoms with Crippen molar-refractivity contribution >= 4 is 23.7 Å². The van der Waals surface area contributed by atoms with E-state index in [1.807, 2.05) is 20.8 Å². The van der Waals surface area contributed by atoms with Crippen LogP contribution in [0.15, 0.2) is 18.5 Å². The maximum absolute atomic E-state index is 13.8. The standard InChI is InChI=1S/C28H47N5O6/c1-9-18(4)24(32(6)26(35)23(17(2)3)31-28-29-13-11-14-30-28)21(38-7)16-22(34)33-15-10-12-20(33)25(39-8)19(5)27(36)37/h11,13-14,17-21,23-25H,9-10,12,15-16H2,1-8H3,(H,36,37)(H,29,30,31)/t18-,19+,20-,21+,23-,24-,25+/m0/s1. The van der Waals surface area contributed by atoms with Gasteiger partial charge >= 0.3 is 5.97 Å². The molecule has 1 aliphatic heterocycles. The highest BCUT2D eigenvalue weighted by atomic mass is 16.5. The Morgan fingerprint density at radius 3 is 2.31 bits per heavy atom. The Hall–Kier alpha value is -2.79. The van der Waals surface area contributed by atoms with Crippen molar-refractivity contribution in [2.75, 3.05) is 33.1 Å². The van der Waals surface area contributed by atoms with Gasteiger partial charge < -0.3 is 29.7 Å². The molecule has 0 aliphatic carbocycles. The van der Waals surface area contributed by atoms with E-state index in [9.17, 15) is 19.5 Å². The lowest BCUT2D eigenvalue weighted by Crippen LogP contribution is -2.56. The van der Waals surface area contributed by atoms with E-state index >= 15 is 0 Å². The smallest absolute Gasteiger partial charge is 0.308 e. The number of aromatic nitrogens is 2. The topological polar surface area (TPSA) is 134 Å². The summed E-state index contributed by atoms with van der Waals surface area (Å²) < 4.78 is 11.5. The number of likely N-dealkylation sites (N-methyl/N-ethyl adjacent to an activating group) is 1. The summed E-state index contributed by atoms with van der Waals surface area (Å²) in [5.74, 6) is -1.60. The van der Waals surface area contributed by atoms with Gasteiger partial charge in [-0.15, -0.1) is 0 Å². The highest BCUT2D eigenvalue weighted by molar-refractivity contribution is 5.85. The van der Waals surface area contributed by atoms with Crippen molar-refractivity contribution in [3.8, 4) is 0 Å². The minimum absolute atomic E-state index is 0.0449. The van der Waals surface area contributed by atoms with E-state index in [0.29, 0.717) is 18.9 Å². The van der Waals surface area contributed by atoms with Gasteiger partial charge in [0.2, 0.25) is 17.8 Å². The Morgan fingerprint density at radius 1 is 1.15 bits per heavy atom. The van der Waals surface area contributed by atoms with Crippen molar-refractivity contribution in [3.63, 3.8) is 0 Å². The second-order valence-electron chi connectivity index (χ2n) is 10.9. The molecule has 1 saturated heterocycles. The van der Waals surface area contributed by atoms with Gasteiger partial charge in [0.15, 0.2) is 0 Å². The average molecular weight is 550 g/mol. The van der Waals surface area contributed by atoms with Crippen LogP contribution in [-0.2, 0) is 23.9 Å². The average Bonchev–Trinajstić information content (AvgIpc) is 3.40. The van der Waals surface area contributed by atoms with Crippen LogP contribution in [-0.4, -0.2) is 101 Å². The number of carboxylic acids is 1. The summed E-state index contributed by atoms with van der Waals surface area (Å²) in [6, 6.07) is 0.450. The molecule has 0 saturated carbocycles.